The van der Waals surface area contributed by atoms with Gasteiger partial charge < -0.3 is 28.3 Å². The van der Waals surface area contributed by atoms with Gasteiger partial charge >= 0.3 is 0 Å². The zero-order valence-corrected chi connectivity index (χ0v) is 47.6. The van der Waals surface area contributed by atoms with Crippen molar-refractivity contribution in [1.82, 2.24) is 0 Å². The molecule has 0 N–H and O–H groups in total. The number of nitrogens with zero attached hydrogens (tertiary/aromatic N) is 3. The number of furan rings is 2. The number of hydrogen-bond acceptors (Lipinski definition) is 6. The Morgan fingerprint density at radius 3 is 1.82 bits per heavy atom. The average Bonchev–Trinajstić information content (AvgIpc) is 2.74. The number of fused-ring (bicyclic) bond motifs is 16. The van der Waals surface area contributed by atoms with E-state index >= 15 is 0 Å². The number of allylic oxidation sites excluding steroid dienone is 5. The maximum Gasteiger partial charge on any atom is 0.256 e. The van der Waals surface area contributed by atoms with E-state index in [1.165, 1.54) is 27.4 Å². The molecule has 0 spiro atoms. The first kappa shape index (κ1) is 49.2. The van der Waals surface area contributed by atoms with E-state index in [2.05, 4.69) is 286 Å². The van der Waals surface area contributed by atoms with Crippen LogP contribution < -0.4 is 52.2 Å². The SMILES string of the molecule is C=C/C=C\C(=C(/C)N1c2cc3c(cc2B2c4ccccc4N(c4ccccc4)c4c2c1cc1oc2ccccc2c41)B1c2ccccc2Oc2c1c(cc1oc4ccccc4c21)N3c1ccccc1-c1ccccc1)c1ccc(C(C)(C)C)cc1. The van der Waals surface area contributed by atoms with Crippen molar-refractivity contribution in [3.8, 4) is 22.6 Å². The highest BCUT2D eigenvalue weighted by Crippen LogP contribution is 2.53. The molecule has 0 bridgehead atoms. The van der Waals surface area contributed by atoms with Gasteiger partial charge in [-0.15, -0.1) is 0 Å². The molecule has 0 radical (unpaired) electrons. The van der Waals surface area contributed by atoms with Crippen LogP contribution in [0.1, 0.15) is 38.8 Å². The van der Waals surface area contributed by atoms with E-state index in [4.69, 9.17) is 13.6 Å². The first-order valence-corrected chi connectivity index (χ1v) is 29.4. The zero-order chi connectivity index (χ0) is 56.8. The number of benzene rings is 11. The molecule has 17 rings (SSSR count). The third-order valence-electron chi connectivity index (χ3n) is 18.2. The zero-order valence-electron chi connectivity index (χ0n) is 47.6. The van der Waals surface area contributed by atoms with Crippen LogP contribution >= 0.6 is 0 Å². The van der Waals surface area contributed by atoms with Gasteiger partial charge in [0.2, 0.25) is 0 Å². The number of anilines is 8. The second-order valence-electron chi connectivity index (χ2n) is 23.9. The van der Waals surface area contributed by atoms with Crippen LogP contribution in [-0.4, -0.2) is 13.4 Å². The fraction of sp³-hybridized carbons (Fsp3) is 0.0649. The Bertz CT molecular complexity index is 5030. The highest BCUT2D eigenvalue weighted by molar-refractivity contribution is 7.03. The van der Waals surface area contributed by atoms with Gasteiger partial charge in [-0.3, -0.25) is 0 Å². The third kappa shape index (κ3) is 7.21. The fourth-order valence-corrected chi connectivity index (χ4v) is 14.5. The lowest BCUT2D eigenvalue weighted by Crippen LogP contribution is -2.64. The minimum atomic E-state index is -0.230. The van der Waals surface area contributed by atoms with Crippen molar-refractivity contribution in [1.29, 1.82) is 0 Å². The molecule has 0 fully saturated rings. The van der Waals surface area contributed by atoms with E-state index < -0.39 is 0 Å². The first-order chi connectivity index (χ1) is 41.7. The average molecular weight is 1090 g/mol. The number of rotatable bonds is 7. The Labute approximate surface area is 494 Å². The predicted octanol–water partition coefficient (Wildman–Crippen LogP) is 16.8. The van der Waals surface area contributed by atoms with Crippen molar-refractivity contribution in [3.63, 3.8) is 0 Å². The van der Waals surface area contributed by atoms with E-state index in [1.807, 2.05) is 12.1 Å². The molecule has 85 heavy (non-hydrogen) atoms. The molecule has 0 aliphatic carbocycles. The van der Waals surface area contributed by atoms with E-state index in [0.29, 0.717) is 0 Å². The summed E-state index contributed by atoms with van der Waals surface area (Å²) in [6.45, 7) is 12.9. The number of para-hydroxylation sites is 6. The van der Waals surface area contributed by atoms with E-state index in [-0.39, 0.29) is 18.8 Å². The molecule has 11 aromatic carbocycles. The van der Waals surface area contributed by atoms with Gasteiger partial charge in [0.1, 0.15) is 33.8 Å². The minimum Gasteiger partial charge on any atom is -0.458 e. The van der Waals surface area contributed by atoms with Gasteiger partial charge in [-0.25, -0.2) is 0 Å². The van der Waals surface area contributed by atoms with Crippen LogP contribution in [0.4, 0.5) is 45.5 Å². The van der Waals surface area contributed by atoms with Gasteiger partial charge in [0.05, 0.1) is 22.1 Å². The topological polar surface area (TPSA) is 45.2 Å². The Balaban J connectivity index is 1.05. The lowest BCUT2D eigenvalue weighted by Gasteiger charge is -2.46. The largest absolute Gasteiger partial charge is 0.458 e. The Morgan fingerprint density at radius 1 is 0.482 bits per heavy atom. The summed E-state index contributed by atoms with van der Waals surface area (Å²) < 4.78 is 21.4. The van der Waals surface area contributed by atoms with Gasteiger partial charge in [0.15, 0.2) is 0 Å². The van der Waals surface area contributed by atoms with Crippen LogP contribution in [0, 0.1) is 0 Å². The van der Waals surface area contributed by atoms with E-state index in [1.54, 1.807) is 0 Å². The normalized spacial score (nSPS) is 14.0. The maximum absolute atomic E-state index is 7.36. The summed E-state index contributed by atoms with van der Waals surface area (Å²) in [4.78, 5) is 7.56. The predicted molar refractivity (Wildman–Crippen MR) is 357 cm³/mol. The van der Waals surface area contributed by atoms with Crippen LogP contribution in [-0.2, 0) is 5.41 Å². The van der Waals surface area contributed by atoms with Crippen molar-refractivity contribution < 1.29 is 13.6 Å². The highest BCUT2D eigenvalue weighted by Gasteiger charge is 2.49. The van der Waals surface area contributed by atoms with Gasteiger partial charge in [-0.1, -0.05) is 215 Å². The molecule has 0 unspecified atom stereocenters. The van der Waals surface area contributed by atoms with Crippen LogP contribution in [0.25, 0.3) is 60.6 Å². The van der Waals surface area contributed by atoms with E-state index in [9.17, 15) is 0 Å². The Kier molecular flexibility index (Phi) is 10.7. The van der Waals surface area contributed by atoms with Crippen molar-refractivity contribution in [2.75, 3.05) is 14.7 Å². The number of ether oxygens (including phenoxy) is 1. The molecule has 4 aliphatic heterocycles. The molecule has 4 aliphatic rings. The molecule has 0 saturated heterocycles. The van der Waals surface area contributed by atoms with Crippen LogP contribution in [0.15, 0.2) is 270 Å². The van der Waals surface area contributed by atoms with Gasteiger partial charge in [-0.05, 0) is 110 Å². The lowest BCUT2D eigenvalue weighted by molar-refractivity contribution is 0.493. The smallest absolute Gasteiger partial charge is 0.256 e. The molecule has 2 aromatic heterocycles. The summed E-state index contributed by atoms with van der Waals surface area (Å²) in [5.41, 5.74) is 25.6. The van der Waals surface area contributed by atoms with Crippen molar-refractivity contribution in [3.05, 3.63) is 272 Å². The van der Waals surface area contributed by atoms with Crippen LogP contribution in [0.3, 0.4) is 0 Å². The lowest BCUT2D eigenvalue weighted by atomic mass is 9.30. The monoisotopic (exact) mass is 1090 g/mol. The molecule has 6 nitrogen and oxygen atoms in total. The van der Waals surface area contributed by atoms with Gasteiger partial charge in [-0.2, -0.15) is 0 Å². The summed E-state index contributed by atoms with van der Waals surface area (Å²) in [5, 5.41) is 4.16. The molecule has 13 aromatic rings. The Hall–Kier alpha value is -10.4. The molecular formula is C77H55B2N3O3. The first-order valence-electron chi connectivity index (χ1n) is 29.4. The maximum atomic E-state index is 7.36. The molecule has 0 saturated carbocycles. The van der Waals surface area contributed by atoms with Gasteiger partial charge in [0.25, 0.3) is 13.4 Å². The molecule has 402 valence electrons. The van der Waals surface area contributed by atoms with Crippen LogP contribution in [0.2, 0.25) is 0 Å². The summed E-state index contributed by atoms with van der Waals surface area (Å²) in [5.74, 6) is 1.66. The molecule has 0 atom stereocenters. The van der Waals surface area contributed by atoms with Gasteiger partial charge in [0, 0.05) is 73.9 Å². The molecule has 0 amide bonds. The standard InChI is InChI=1S/C77H55B2N3O3/c1-6-7-28-52(49-39-41-50(42-40-49)77(3,4)5)47(2)80-62-44-63-59(43-58(62)78-56-32-17-20-35-61(56)81(51-26-12-9-13-27-51)75-71-54-30-15-21-36-66(54)83-69(71)45-64(80)73(75)78)79-57-33-18-23-38-68(57)85-76-72-55-31-16-22-37-67(55)84-70(72)46-65(74(76)79)82(63)60-34-19-14-29-53(60)48-24-10-8-11-25-48/h6-46H,1H2,2-5H3/b28-7-,52-47-. The summed E-state index contributed by atoms with van der Waals surface area (Å²) in [6.07, 6.45) is 6.18. The highest BCUT2D eigenvalue weighted by atomic mass is 16.5. The summed E-state index contributed by atoms with van der Waals surface area (Å²) in [6, 6.07) is 84.0. The van der Waals surface area contributed by atoms with Crippen LogP contribution in [0.5, 0.6) is 11.5 Å². The van der Waals surface area contributed by atoms with Crippen molar-refractivity contribution >= 4 is 141 Å². The van der Waals surface area contributed by atoms with Crippen molar-refractivity contribution in [2.45, 2.75) is 33.1 Å². The fourth-order valence-electron chi connectivity index (χ4n) is 14.5. The Morgan fingerprint density at radius 2 is 1.08 bits per heavy atom. The third-order valence-corrected chi connectivity index (χ3v) is 18.2. The second-order valence-corrected chi connectivity index (χ2v) is 23.9. The number of hydrogen-bond donors (Lipinski definition) is 0. The summed E-state index contributed by atoms with van der Waals surface area (Å²) >= 11 is 0. The quantitative estimate of drug-likeness (QED) is 0.117. The van der Waals surface area contributed by atoms with E-state index in [0.717, 1.165) is 140 Å². The minimum absolute atomic E-state index is 0.0260. The molecule has 6 heterocycles. The summed E-state index contributed by atoms with van der Waals surface area (Å²) in [7, 11) is 0. The molecular weight excluding hydrogens is 1040 g/mol. The second kappa shape index (κ2) is 18.5. The molecule has 8 heteroatoms. The van der Waals surface area contributed by atoms with Crippen molar-refractivity contribution in [2.24, 2.45) is 0 Å².